The lowest BCUT2D eigenvalue weighted by atomic mass is 10.2. The smallest absolute Gasteiger partial charge is 0.253 e. The van der Waals surface area contributed by atoms with Crippen LogP contribution in [0.2, 0.25) is 5.15 Å². The summed E-state index contributed by atoms with van der Waals surface area (Å²) in [6, 6.07) is 2.49. The molecule has 1 aromatic rings. The highest BCUT2D eigenvalue weighted by atomic mass is 35.5. The van der Waals surface area contributed by atoms with E-state index in [1.54, 1.807) is 13.0 Å². The first-order valence-corrected chi connectivity index (χ1v) is 5.62. The fourth-order valence-corrected chi connectivity index (χ4v) is 1.29. The normalized spacial score (nSPS) is 11.7. The molecule has 1 unspecified atom stereocenters. The molecule has 0 saturated heterocycles. The van der Waals surface area contributed by atoms with E-state index in [2.05, 4.69) is 15.6 Å². The van der Waals surface area contributed by atoms with Crippen molar-refractivity contribution in [2.24, 2.45) is 0 Å². The van der Waals surface area contributed by atoms with E-state index in [4.69, 9.17) is 11.6 Å². The number of hydrogen-bond acceptors (Lipinski definition) is 3. The van der Waals surface area contributed by atoms with Crippen molar-refractivity contribution in [3.8, 4) is 0 Å². The van der Waals surface area contributed by atoms with Gasteiger partial charge in [-0.05, 0) is 26.0 Å². The molecule has 2 N–H and O–H groups in total. The van der Waals surface area contributed by atoms with Crippen molar-refractivity contribution in [3.63, 3.8) is 0 Å². The molecule has 5 nitrogen and oxygen atoms in total. The molecule has 0 radical (unpaired) electrons. The molecule has 0 spiro atoms. The highest BCUT2D eigenvalue weighted by Gasteiger charge is 2.15. The first kappa shape index (κ1) is 13.4. The van der Waals surface area contributed by atoms with Crippen LogP contribution in [-0.4, -0.2) is 29.4 Å². The molecule has 0 bridgehead atoms. The lowest BCUT2D eigenvalue weighted by molar-refractivity contribution is -0.122. The number of pyridine rings is 1. The summed E-state index contributed by atoms with van der Waals surface area (Å²) in [5.74, 6) is -0.573. The molecule has 6 heteroatoms. The zero-order valence-corrected chi connectivity index (χ0v) is 10.4. The Labute approximate surface area is 105 Å². The summed E-state index contributed by atoms with van der Waals surface area (Å²) in [6.45, 7) is 3.96. The molecule has 0 aliphatic carbocycles. The zero-order valence-electron chi connectivity index (χ0n) is 9.66. The Kier molecular flexibility index (Phi) is 4.90. The van der Waals surface area contributed by atoms with E-state index >= 15 is 0 Å². The van der Waals surface area contributed by atoms with E-state index < -0.39 is 6.04 Å². The third kappa shape index (κ3) is 4.03. The van der Waals surface area contributed by atoms with Gasteiger partial charge in [0, 0.05) is 12.7 Å². The van der Waals surface area contributed by atoms with Gasteiger partial charge in [-0.2, -0.15) is 0 Å². The van der Waals surface area contributed by atoms with Crippen LogP contribution in [0.1, 0.15) is 24.2 Å². The lowest BCUT2D eigenvalue weighted by Crippen LogP contribution is -2.44. The summed E-state index contributed by atoms with van der Waals surface area (Å²) in [5.41, 5.74) is 0.366. The molecule has 0 aromatic carbocycles. The molecular formula is C11H14ClN3O2. The average Bonchev–Trinajstić information content (AvgIpc) is 2.30. The van der Waals surface area contributed by atoms with Gasteiger partial charge in [0.15, 0.2) is 0 Å². The van der Waals surface area contributed by atoms with Crippen molar-refractivity contribution in [1.29, 1.82) is 0 Å². The number of carbonyl (C=O) groups is 2. The van der Waals surface area contributed by atoms with Gasteiger partial charge in [0.05, 0.1) is 5.56 Å². The minimum absolute atomic E-state index is 0.220. The minimum atomic E-state index is -0.585. The van der Waals surface area contributed by atoms with Gasteiger partial charge in [0.2, 0.25) is 5.91 Å². The Bertz CT molecular complexity index is 406. The number of nitrogens with zero attached hydrogens (tertiary/aromatic N) is 1. The van der Waals surface area contributed by atoms with Crippen molar-refractivity contribution in [2.75, 3.05) is 6.54 Å². The number of carbonyl (C=O) groups excluding carboxylic acids is 2. The van der Waals surface area contributed by atoms with E-state index in [1.807, 2.05) is 6.92 Å². The third-order valence-corrected chi connectivity index (χ3v) is 2.31. The van der Waals surface area contributed by atoms with Gasteiger partial charge in [-0.15, -0.1) is 0 Å². The van der Waals surface area contributed by atoms with Crippen LogP contribution in [0.15, 0.2) is 18.3 Å². The van der Waals surface area contributed by atoms with Gasteiger partial charge >= 0.3 is 0 Å². The Morgan fingerprint density at radius 3 is 2.71 bits per heavy atom. The fraction of sp³-hybridized carbons (Fsp3) is 0.364. The maximum Gasteiger partial charge on any atom is 0.253 e. The molecular weight excluding hydrogens is 242 g/mol. The largest absolute Gasteiger partial charge is 0.355 e. The second-order valence-corrected chi connectivity index (χ2v) is 3.85. The Morgan fingerprint density at radius 1 is 1.47 bits per heavy atom. The molecule has 92 valence electrons. The van der Waals surface area contributed by atoms with Crippen LogP contribution < -0.4 is 10.6 Å². The van der Waals surface area contributed by atoms with Gasteiger partial charge in [0.1, 0.15) is 11.2 Å². The molecule has 1 heterocycles. The van der Waals surface area contributed by atoms with Crippen LogP contribution in [0.5, 0.6) is 0 Å². The summed E-state index contributed by atoms with van der Waals surface area (Å²) in [4.78, 5) is 26.9. The van der Waals surface area contributed by atoms with Gasteiger partial charge in [-0.25, -0.2) is 4.98 Å². The van der Waals surface area contributed by atoms with Crippen LogP contribution in [-0.2, 0) is 4.79 Å². The highest BCUT2D eigenvalue weighted by molar-refractivity contribution is 6.29. The number of likely N-dealkylation sites (N-methyl/N-ethyl adjacent to an activating group) is 1. The maximum absolute atomic E-state index is 11.7. The summed E-state index contributed by atoms with van der Waals surface area (Å²) in [5, 5.41) is 5.50. The van der Waals surface area contributed by atoms with Crippen molar-refractivity contribution < 1.29 is 9.59 Å². The molecule has 1 aromatic heterocycles. The molecule has 2 amide bonds. The Balaban J connectivity index is 2.60. The molecule has 0 aliphatic rings. The minimum Gasteiger partial charge on any atom is -0.355 e. The average molecular weight is 256 g/mol. The number of nitrogens with one attached hydrogen (secondary N) is 2. The van der Waals surface area contributed by atoms with Crippen LogP contribution in [0.3, 0.4) is 0 Å². The van der Waals surface area contributed by atoms with Gasteiger partial charge in [-0.1, -0.05) is 11.6 Å². The van der Waals surface area contributed by atoms with Crippen molar-refractivity contribution >= 4 is 23.4 Å². The summed E-state index contributed by atoms with van der Waals surface area (Å²) < 4.78 is 0. The van der Waals surface area contributed by atoms with E-state index in [0.717, 1.165) is 0 Å². The quantitative estimate of drug-likeness (QED) is 0.789. The second kappa shape index (κ2) is 6.20. The predicted molar refractivity (Wildman–Crippen MR) is 64.9 cm³/mol. The summed E-state index contributed by atoms with van der Waals surface area (Å²) >= 11 is 5.61. The second-order valence-electron chi connectivity index (χ2n) is 3.46. The van der Waals surface area contributed by atoms with Crippen molar-refractivity contribution in [3.05, 3.63) is 29.0 Å². The van der Waals surface area contributed by atoms with Crippen LogP contribution >= 0.6 is 11.6 Å². The van der Waals surface area contributed by atoms with E-state index in [-0.39, 0.29) is 11.8 Å². The van der Waals surface area contributed by atoms with Gasteiger partial charge < -0.3 is 10.6 Å². The molecule has 17 heavy (non-hydrogen) atoms. The van der Waals surface area contributed by atoms with Gasteiger partial charge in [-0.3, -0.25) is 9.59 Å². The predicted octanol–water partition coefficient (Wildman–Crippen LogP) is 0.989. The fourth-order valence-electron chi connectivity index (χ4n) is 1.18. The number of hydrogen-bond donors (Lipinski definition) is 2. The topological polar surface area (TPSA) is 71.1 Å². The van der Waals surface area contributed by atoms with Crippen molar-refractivity contribution in [1.82, 2.24) is 15.6 Å². The van der Waals surface area contributed by atoms with Crippen LogP contribution in [0.25, 0.3) is 0 Å². The summed E-state index contributed by atoms with van der Waals surface area (Å²) in [6.07, 6.45) is 1.36. The number of amides is 2. The third-order valence-electron chi connectivity index (χ3n) is 2.08. The monoisotopic (exact) mass is 255 g/mol. The molecule has 0 aliphatic heterocycles. The maximum atomic E-state index is 11.7. The Morgan fingerprint density at radius 2 is 2.18 bits per heavy atom. The number of aromatic nitrogens is 1. The highest BCUT2D eigenvalue weighted by Crippen LogP contribution is 2.05. The number of rotatable bonds is 4. The van der Waals surface area contributed by atoms with Crippen LogP contribution in [0.4, 0.5) is 0 Å². The Hall–Kier alpha value is -1.62. The van der Waals surface area contributed by atoms with E-state index in [9.17, 15) is 9.59 Å². The molecule has 1 rings (SSSR count). The van der Waals surface area contributed by atoms with E-state index in [1.165, 1.54) is 12.3 Å². The lowest BCUT2D eigenvalue weighted by Gasteiger charge is -2.13. The first-order valence-electron chi connectivity index (χ1n) is 5.24. The van der Waals surface area contributed by atoms with Crippen molar-refractivity contribution in [2.45, 2.75) is 19.9 Å². The molecule has 0 saturated carbocycles. The zero-order chi connectivity index (χ0) is 12.8. The SMILES string of the molecule is CCNC(=O)C(C)NC(=O)c1ccc(Cl)nc1. The summed E-state index contributed by atoms with van der Waals surface area (Å²) in [7, 11) is 0. The number of halogens is 1. The van der Waals surface area contributed by atoms with Crippen LogP contribution in [0, 0.1) is 0 Å². The standard InChI is InChI=1S/C11H14ClN3O2/c1-3-13-10(16)7(2)15-11(17)8-4-5-9(12)14-6-8/h4-7H,3H2,1-2H3,(H,13,16)(H,15,17). The first-order chi connectivity index (χ1) is 8.04. The van der Waals surface area contributed by atoms with E-state index in [0.29, 0.717) is 17.3 Å². The molecule has 1 atom stereocenters. The van der Waals surface area contributed by atoms with Gasteiger partial charge in [0.25, 0.3) is 5.91 Å². The molecule has 0 fully saturated rings.